The van der Waals surface area contributed by atoms with E-state index in [9.17, 15) is 24.5 Å². The third-order valence-corrected chi connectivity index (χ3v) is 3.77. The maximum absolute atomic E-state index is 12.9. The Hall–Kier alpha value is -2.84. The molecule has 2 aromatic rings. The van der Waals surface area contributed by atoms with Gasteiger partial charge in [0, 0.05) is 5.56 Å². The number of amides is 1. The van der Waals surface area contributed by atoms with Crippen molar-refractivity contribution in [3.63, 3.8) is 0 Å². The third kappa shape index (κ3) is 3.42. The monoisotopic (exact) mass is 362 g/mol. The van der Waals surface area contributed by atoms with E-state index in [2.05, 4.69) is 21.9 Å². The van der Waals surface area contributed by atoms with E-state index in [4.69, 9.17) is 10.5 Å². The van der Waals surface area contributed by atoms with Gasteiger partial charge in [0.15, 0.2) is 6.23 Å². The minimum Gasteiger partial charge on any atom is -0.394 e. The lowest BCUT2D eigenvalue weighted by Gasteiger charge is -2.15. The number of carbonyl (C=O) groups is 1. The Kier molecular flexibility index (Phi) is 4.97. The summed E-state index contributed by atoms with van der Waals surface area (Å²) in [6, 6.07) is 5.36. The molecule has 0 aliphatic carbocycles. The number of ether oxygens (including phenoxy) is 1. The van der Waals surface area contributed by atoms with Crippen molar-refractivity contribution < 1.29 is 29.2 Å². The largest absolute Gasteiger partial charge is 0.394 e. The fourth-order valence-corrected chi connectivity index (χ4v) is 2.43. The van der Waals surface area contributed by atoms with Crippen LogP contribution in [0.3, 0.4) is 0 Å². The van der Waals surface area contributed by atoms with Crippen LogP contribution >= 0.6 is 0 Å². The summed E-state index contributed by atoms with van der Waals surface area (Å²) in [6.07, 6.45) is -5.04. The molecule has 5 N–H and O–H groups in total. The topological polar surface area (TPSA) is 144 Å². The summed E-state index contributed by atoms with van der Waals surface area (Å²) in [6.45, 7) is -0.525. The van der Waals surface area contributed by atoms with E-state index in [0.29, 0.717) is 5.56 Å². The lowest BCUT2D eigenvalue weighted by Crippen LogP contribution is -2.33. The van der Waals surface area contributed by atoms with Crippen molar-refractivity contribution in [3.05, 3.63) is 47.3 Å². The zero-order chi connectivity index (χ0) is 18.8. The molecule has 0 bridgehead atoms. The van der Waals surface area contributed by atoms with Crippen LogP contribution in [0.4, 0.5) is 4.39 Å². The highest BCUT2D eigenvalue weighted by Gasteiger charge is 2.44. The van der Waals surface area contributed by atoms with Crippen LogP contribution in [-0.2, 0) is 4.74 Å². The number of carbonyl (C=O) groups excluding carboxylic acids is 1. The molecule has 1 aliphatic heterocycles. The second-order valence-electron chi connectivity index (χ2n) is 5.55. The molecular weight excluding hydrogens is 347 g/mol. The van der Waals surface area contributed by atoms with Gasteiger partial charge < -0.3 is 25.8 Å². The number of aliphatic hydroxyl groups excluding tert-OH is 3. The molecule has 1 fully saturated rings. The number of nitrogens with two attached hydrogens (primary N) is 1. The first-order valence-corrected chi connectivity index (χ1v) is 7.57. The number of aromatic nitrogens is 3. The number of hydrogen-bond donors (Lipinski definition) is 4. The second kappa shape index (κ2) is 7.19. The number of halogens is 1. The van der Waals surface area contributed by atoms with E-state index in [1.54, 1.807) is 0 Å². The molecule has 3 rings (SSSR count). The number of rotatable bonds is 3. The molecule has 26 heavy (non-hydrogen) atoms. The van der Waals surface area contributed by atoms with Crippen LogP contribution in [0.15, 0.2) is 24.3 Å². The third-order valence-electron chi connectivity index (χ3n) is 3.77. The van der Waals surface area contributed by atoms with Gasteiger partial charge in [0.05, 0.1) is 6.61 Å². The summed E-state index contributed by atoms with van der Waals surface area (Å²) in [5, 5.41) is 33.0. The van der Waals surface area contributed by atoms with Crippen LogP contribution in [0.1, 0.15) is 28.2 Å². The molecule has 9 nitrogen and oxygen atoms in total. The molecule has 0 spiro atoms. The molecule has 1 aromatic heterocycles. The van der Waals surface area contributed by atoms with Crippen LogP contribution in [0.5, 0.6) is 0 Å². The van der Waals surface area contributed by atoms with Crippen molar-refractivity contribution in [2.75, 3.05) is 6.61 Å². The lowest BCUT2D eigenvalue weighted by molar-refractivity contribution is -0.0592. The quantitative estimate of drug-likeness (QED) is 0.488. The van der Waals surface area contributed by atoms with Gasteiger partial charge in [0.2, 0.25) is 11.6 Å². The molecule has 1 amide bonds. The summed E-state index contributed by atoms with van der Waals surface area (Å²) in [7, 11) is 0. The fraction of sp³-hybridized carbons (Fsp3) is 0.312. The molecule has 0 radical (unpaired) electrons. The maximum Gasteiger partial charge on any atom is 0.288 e. The number of benzene rings is 1. The summed E-state index contributed by atoms with van der Waals surface area (Å²) in [4.78, 5) is 15.3. The smallest absolute Gasteiger partial charge is 0.288 e. The number of nitrogens with zero attached hydrogens (tertiary/aromatic N) is 3. The van der Waals surface area contributed by atoms with Gasteiger partial charge in [-0.15, -0.1) is 5.10 Å². The summed E-state index contributed by atoms with van der Waals surface area (Å²) in [5.41, 5.74) is 5.65. The van der Waals surface area contributed by atoms with Crippen molar-refractivity contribution in [1.29, 1.82) is 0 Å². The van der Waals surface area contributed by atoms with Crippen molar-refractivity contribution in [3.8, 4) is 11.8 Å². The van der Waals surface area contributed by atoms with E-state index in [-0.39, 0.29) is 11.6 Å². The summed E-state index contributed by atoms with van der Waals surface area (Å²) in [5.74, 6) is 3.61. The number of primary amides is 1. The first kappa shape index (κ1) is 18.0. The predicted molar refractivity (Wildman–Crippen MR) is 83.9 cm³/mol. The number of aliphatic hydroxyl groups is 3. The second-order valence-corrected chi connectivity index (χ2v) is 5.55. The van der Waals surface area contributed by atoms with Crippen LogP contribution in [-0.4, -0.2) is 60.9 Å². The first-order valence-electron chi connectivity index (χ1n) is 7.57. The summed E-state index contributed by atoms with van der Waals surface area (Å²) < 4.78 is 19.3. The average Bonchev–Trinajstić information content (AvgIpc) is 3.16. The van der Waals surface area contributed by atoms with Gasteiger partial charge >= 0.3 is 0 Å². The van der Waals surface area contributed by atoms with Crippen LogP contribution < -0.4 is 5.73 Å². The summed E-state index contributed by atoms with van der Waals surface area (Å²) >= 11 is 0. The highest BCUT2D eigenvalue weighted by molar-refractivity contribution is 5.88. The predicted octanol–water partition coefficient (Wildman–Crippen LogP) is -1.47. The zero-order valence-corrected chi connectivity index (χ0v) is 13.3. The number of hydrogen-bond acceptors (Lipinski definition) is 7. The first-order chi connectivity index (χ1) is 12.4. The Bertz CT molecular complexity index is 873. The van der Waals surface area contributed by atoms with E-state index in [1.165, 1.54) is 24.3 Å². The molecule has 1 saturated heterocycles. The van der Waals surface area contributed by atoms with Crippen LogP contribution in [0.2, 0.25) is 0 Å². The minimum absolute atomic E-state index is 0.0574. The Labute approximate surface area is 146 Å². The van der Waals surface area contributed by atoms with Crippen molar-refractivity contribution in [2.45, 2.75) is 24.5 Å². The van der Waals surface area contributed by atoms with E-state index in [0.717, 1.165) is 4.68 Å². The highest BCUT2D eigenvalue weighted by Crippen LogP contribution is 2.29. The van der Waals surface area contributed by atoms with Gasteiger partial charge in [0.25, 0.3) is 5.91 Å². The minimum atomic E-state index is -1.43. The molecule has 2 heterocycles. The lowest BCUT2D eigenvalue weighted by atomic mass is 10.1. The molecule has 1 aromatic carbocycles. The molecule has 0 saturated carbocycles. The van der Waals surface area contributed by atoms with Crippen molar-refractivity contribution in [2.24, 2.45) is 5.73 Å². The van der Waals surface area contributed by atoms with Gasteiger partial charge in [-0.25, -0.2) is 9.07 Å². The molecule has 4 atom stereocenters. The van der Waals surface area contributed by atoms with Crippen molar-refractivity contribution in [1.82, 2.24) is 14.8 Å². The Morgan fingerprint density at radius 1 is 1.27 bits per heavy atom. The van der Waals surface area contributed by atoms with Crippen LogP contribution in [0, 0.1) is 17.7 Å². The molecule has 10 heteroatoms. The van der Waals surface area contributed by atoms with E-state index < -0.39 is 42.9 Å². The Balaban J connectivity index is 1.98. The van der Waals surface area contributed by atoms with Gasteiger partial charge in [-0.05, 0) is 30.2 Å². The SMILES string of the molecule is NC(=O)c1nc(C#Cc2ccc(F)cc2)n(C2OC(CO)[C@H](O)[C@@H]2O)n1. The van der Waals surface area contributed by atoms with Gasteiger partial charge in [-0.1, -0.05) is 5.92 Å². The average molecular weight is 362 g/mol. The maximum atomic E-state index is 12.9. The normalized spacial score (nSPS) is 24.9. The van der Waals surface area contributed by atoms with Gasteiger partial charge in [-0.2, -0.15) is 4.98 Å². The van der Waals surface area contributed by atoms with E-state index in [1.807, 2.05) is 0 Å². The molecule has 2 unspecified atom stereocenters. The van der Waals surface area contributed by atoms with E-state index >= 15 is 0 Å². The Morgan fingerprint density at radius 3 is 2.54 bits per heavy atom. The highest BCUT2D eigenvalue weighted by atomic mass is 19.1. The Morgan fingerprint density at radius 2 is 1.96 bits per heavy atom. The fourth-order valence-electron chi connectivity index (χ4n) is 2.43. The van der Waals surface area contributed by atoms with Crippen molar-refractivity contribution >= 4 is 5.91 Å². The molecule has 1 aliphatic rings. The molecular formula is C16H15FN4O5. The molecule has 136 valence electrons. The van der Waals surface area contributed by atoms with Crippen LogP contribution in [0.25, 0.3) is 0 Å². The standard InChI is InChI=1S/C16H15FN4O5/c17-9-4-1-8(2-5-9)3-6-11-19-15(14(18)25)20-21(11)16-13(24)12(23)10(7-22)26-16/h1-2,4-5,10,12-13,16,22-24H,7H2,(H2,18,25)/t10?,12-,13-,16?/m0/s1. The van der Waals surface area contributed by atoms with Gasteiger partial charge in [0.1, 0.15) is 24.1 Å². The van der Waals surface area contributed by atoms with Gasteiger partial charge in [-0.3, -0.25) is 4.79 Å². The zero-order valence-electron chi connectivity index (χ0n) is 13.3.